The molecule has 1 fully saturated rings. The van der Waals surface area contributed by atoms with Gasteiger partial charge < -0.3 is 13.9 Å². The molecule has 3 aromatic carbocycles. The van der Waals surface area contributed by atoms with Crippen molar-refractivity contribution >= 4 is 11.0 Å². The van der Waals surface area contributed by atoms with Crippen molar-refractivity contribution in [2.75, 3.05) is 27.3 Å². The van der Waals surface area contributed by atoms with Gasteiger partial charge in [0.15, 0.2) is 11.3 Å². The van der Waals surface area contributed by atoms with E-state index >= 15 is 0 Å². The molecule has 1 aromatic heterocycles. The maximum atomic E-state index is 6.18. The lowest BCUT2D eigenvalue weighted by Crippen LogP contribution is -2.32. The molecule has 0 spiro atoms. The molecule has 0 amide bonds. The van der Waals surface area contributed by atoms with Gasteiger partial charge in [-0.1, -0.05) is 30.3 Å². The van der Waals surface area contributed by atoms with E-state index in [0.717, 1.165) is 53.4 Å². The second-order valence-electron chi connectivity index (χ2n) is 8.52. The SMILES string of the molecule is COc1ccc(-c2cc3cc(CN4CCC(c5ccccc5)CC4)cc(OC)c3o2)cc1. The Kier molecular flexibility index (Phi) is 5.87. The molecule has 2 heterocycles. The highest BCUT2D eigenvalue weighted by atomic mass is 16.5. The quantitative estimate of drug-likeness (QED) is 0.352. The highest BCUT2D eigenvalue weighted by Crippen LogP contribution is 2.36. The van der Waals surface area contributed by atoms with Gasteiger partial charge in [-0.2, -0.15) is 0 Å². The van der Waals surface area contributed by atoms with Crippen LogP contribution in [0.2, 0.25) is 0 Å². The first kappa shape index (κ1) is 20.7. The molecule has 1 aliphatic heterocycles. The summed E-state index contributed by atoms with van der Waals surface area (Å²) in [6.07, 6.45) is 2.41. The standard InChI is InChI=1S/C28H29NO3/c1-30-25-10-8-23(9-11-25)26-18-24-16-20(17-27(31-2)28(24)32-26)19-29-14-12-22(13-15-29)21-6-4-3-5-7-21/h3-11,16-18,22H,12-15,19H2,1-2H3. The number of hydrogen-bond donors (Lipinski definition) is 0. The lowest BCUT2D eigenvalue weighted by Gasteiger charge is -2.32. The van der Waals surface area contributed by atoms with E-state index in [4.69, 9.17) is 13.9 Å². The summed E-state index contributed by atoms with van der Waals surface area (Å²) in [6.45, 7) is 3.15. The Balaban J connectivity index is 1.33. The molecule has 0 aliphatic carbocycles. The average Bonchev–Trinajstić information content (AvgIpc) is 3.29. The summed E-state index contributed by atoms with van der Waals surface area (Å²) in [4.78, 5) is 2.55. The van der Waals surface area contributed by atoms with Crippen LogP contribution in [-0.4, -0.2) is 32.2 Å². The number of methoxy groups -OCH3 is 2. The molecular weight excluding hydrogens is 398 g/mol. The van der Waals surface area contributed by atoms with Crippen molar-refractivity contribution in [3.05, 3.63) is 83.9 Å². The smallest absolute Gasteiger partial charge is 0.176 e. The number of rotatable bonds is 6. The van der Waals surface area contributed by atoms with E-state index in [0.29, 0.717) is 5.92 Å². The largest absolute Gasteiger partial charge is 0.497 e. The minimum Gasteiger partial charge on any atom is -0.497 e. The molecular formula is C28H29NO3. The zero-order valence-electron chi connectivity index (χ0n) is 18.7. The van der Waals surface area contributed by atoms with Gasteiger partial charge in [-0.3, -0.25) is 4.90 Å². The van der Waals surface area contributed by atoms with E-state index in [2.05, 4.69) is 53.4 Å². The van der Waals surface area contributed by atoms with E-state index in [-0.39, 0.29) is 0 Å². The molecule has 0 saturated carbocycles. The van der Waals surface area contributed by atoms with Crippen LogP contribution in [0.4, 0.5) is 0 Å². The van der Waals surface area contributed by atoms with E-state index < -0.39 is 0 Å². The Bertz CT molecular complexity index is 1170. The highest BCUT2D eigenvalue weighted by Gasteiger charge is 2.21. The Morgan fingerprint density at radius 3 is 2.31 bits per heavy atom. The first-order chi connectivity index (χ1) is 15.7. The molecule has 0 atom stereocenters. The van der Waals surface area contributed by atoms with Crippen molar-refractivity contribution in [1.82, 2.24) is 4.90 Å². The third-order valence-electron chi connectivity index (χ3n) is 6.50. The molecule has 0 bridgehead atoms. The monoisotopic (exact) mass is 427 g/mol. The second-order valence-corrected chi connectivity index (χ2v) is 8.52. The van der Waals surface area contributed by atoms with Gasteiger partial charge >= 0.3 is 0 Å². The zero-order chi connectivity index (χ0) is 21.9. The highest BCUT2D eigenvalue weighted by molar-refractivity contribution is 5.88. The van der Waals surface area contributed by atoms with Crippen molar-refractivity contribution in [3.8, 4) is 22.8 Å². The lowest BCUT2D eigenvalue weighted by atomic mass is 9.89. The second kappa shape index (κ2) is 9.09. The molecule has 1 saturated heterocycles. The zero-order valence-corrected chi connectivity index (χ0v) is 18.7. The van der Waals surface area contributed by atoms with Gasteiger partial charge in [0.1, 0.15) is 11.5 Å². The molecule has 164 valence electrons. The Morgan fingerprint density at radius 1 is 0.875 bits per heavy atom. The summed E-state index contributed by atoms with van der Waals surface area (Å²) < 4.78 is 17.1. The number of furan rings is 1. The fraction of sp³-hybridized carbons (Fsp3) is 0.286. The van der Waals surface area contributed by atoms with Crippen molar-refractivity contribution in [2.24, 2.45) is 0 Å². The molecule has 0 unspecified atom stereocenters. The van der Waals surface area contributed by atoms with E-state index in [1.54, 1.807) is 14.2 Å². The summed E-state index contributed by atoms with van der Waals surface area (Å²) in [5.41, 5.74) is 4.55. The van der Waals surface area contributed by atoms with Gasteiger partial charge in [-0.05, 0) is 85.4 Å². The van der Waals surface area contributed by atoms with E-state index in [1.165, 1.54) is 24.0 Å². The molecule has 4 heteroatoms. The molecule has 32 heavy (non-hydrogen) atoms. The average molecular weight is 428 g/mol. The summed E-state index contributed by atoms with van der Waals surface area (Å²) in [6, 6.07) is 25.3. The Labute approximate surface area is 189 Å². The Hall–Kier alpha value is -3.24. The van der Waals surface area contributed by atoms with Gasteiger partial charge in [0.05, 0.1) is 14.2 Å². The number of nitrogens with zero attached hydrogens (tertiary/aromatic N) is 1. The summed E-state index contributed by atoms with van der Waals surface area (Å²) in [7, 11) is 3.38. The van der Waals surface area contributed by atoms with Crippen LogP contribution >= 0.6 is 0 Å². The van der Waals surface area contributed by atoms with Crippen molar-refractivity contribution in [1.29, 1.82) is 0 Å². The predicted octanol–water partition coefficient (Wildman–Crippen LogP) is 6.50. The van der Waals surface area contributed by atoms with Crippen molar-refractivity contribution in [2.45, 2.75) is 25.3 Å². The number of likely N-dealkylation sites (tertiary alicyclic amines) is 1. The molecule has 1 aliphatic rings. The van der Waals surface area contributed by atoms with Crippen molar-refractivity contribution in [3.63, 3.8) is 0 Å². The maximum Gasteiger partial charge on any atom is 0.176 e. The van der Waals surface area contributed by atoms with Gasteiger partial charge in [0.2, 0.25) is 0 Å². The van der Waals surface area contributed by atoms with Crippen LogP contribution in [0.3, 0.4) is 0 Å². The van der Waals surface area contributed by atoms with E-state index in [9.17, 15) is 0 Å². The number of ether oxygens (including phenoxy) is 2. The minimum absolute atomic E-state index is 0.672. The minimum atomic E-state index is 0.672. The molecule has 4 aromatic rings. The molecule has 5 rings (SSSR count). The van der Waals surface area contributed by atoms with Crippen LogP contribution in [0.15, 0.2) is 77.2 Å². The van der Waals surface area contributed by atoms with Gasteiger partial charge in [-0.15, -0.1) is 0 Å². The normalized spacial score (nSPS) is 15.2. The third kappa shape index (κ3) is 4.23. The Morgan fingerprint density at radius 2 is 1.62 bits per heavy atom. The topological polar surface area (TPSA) is 34.8 Å². The fourth-order valence-corrected chi connectivity index (χ4v) is 4.73. The first-order valence-electron chi connectivity index (χ1n) is 11.3. The number of piperidine rings is 1. The van der Waals surface area contributed by atoms with Gasteiger partial charge in [-0.25, -0.2) is 0 Å². The predicted molar refractivity (Wildman–Crippen MR) is 128 cm³/mol. The lowest BCUT2D eigenvalue weighted by molar-refractivity contribution is 0.204. The molecule has 4 nitrogen and oxygen atoms in total. The first-order valence-corrected chi connectivity index (χ1v) is 11.3. The van der Waals surface area contributed by atoms with Crippen LogP contribution in [-0.2, 0) is 6.54 Å². The van der Waals surface area contributed by atoms with Crippen LogP contribution in [0.25, 0.3) is 22.3 Å². The van der Waals surface area contributed by atoms with E-state index in [1.807, 2.05) is 24.3 Å². The number of fused-ring (bicyclic) bond motifs is 1. The fourth-order valence-electron chi connectivity index (χ4n) is 4.73. The summed E-state index contributed by atoms with van der Waals surface area (Å²) in [5.74, 6) is 3.13. The third-order valence-corrected chi connectivity index (χ3v) is 6.50. The van der Waals surface area contributed by atoms with Crippen molar-refractivity contribution < 1.29 is 13.9 Å². The summed E-state index contributed by atoms with van der Waals surface area (Å²) >= 11 is 0. The maximum absolute atomic E-state index is 6.18. The number of benzene rings is 3. The van der Waals surface area contributed by atoms with Crippen LogP contribution in [0, 0.1) is 0 Å². The number of hydrogen-bond acceptors (Lipinski definition) is 4. The molecule has 0 radical (unpaired) electrons. The van der Waals surface area contributed by atoms with Gasteiger partial charge in [0.25, 0.3) is 0 Å². The van der Waals surface area contributed by atoms with Gasteiger partial charge in [0, 0.05) is 17.5 Å². The summed E-state index contributed by atoms with van der Waals surface area (Å²) in [5, 5.41) is 1.07. The van der Waals surface area contributed by atoms with Crippen LogP contribution in [0.5, 0.6) is 11.5 Å². The van der Waals surface area contributed by atoms with Crippen LogP contribution < -0.4 is 9.47 Å². The van der Waals surface area contributed by atoms with Crippen LogP contribution in [0.1, 0.15) is 29.9 Å². The molecule has 0 N–H and O–H groups in total.